The Bertz CT molecular complexity index is 1290. The summed E-state index contributed by atoms with van der Waals surface area (Å²) in [4.78, 5) is 14.2. The molecule has 1 unspecified atom stereocenters. The van der Waals surface area contributed by atoms with Crippen LogP contribution < -0.4 is 0 Å². The average Bonchev–Trinajstić information content (AvgIpc) is 3.58. The van der Waals surface area contributed by atoms with Crippen molar-refractivity contribution >= 4 is 32.4 Å². The van der Waals surface area contributed by atoms with Crippen LogP contribution in [0.5, 0.6) is 0 Å². The Labute approximate surface area is 190 Å². The maximum absolute atomic E-state index is 12.8. The number of sulfonamides is 1. The highest BCUT2D eigenvalue weighted by atomic mass is 32.2. The fraction of sp³-hybridized carbons (Fsp3) is 0.381. The first-order valence-corrected chi connectivity index (χ1v) is 13.0. The number of aromatic nitrogens is 5. The topological polar surface area (TPSA) is 100 Å². The molecule has 0 bridgehead atoms. The Hall–Kier alpha value is -2.60. The summed E-state index contributed by atoms with van der Waals surface area (Å²) < 4.78 is 29.5. The zero-order valence-corrected chi connectivity index (χ0v) is 19.4. The number of piperazine rings is 1. The summed E-state index contributed by atoms with van der Waals surface area (Å²) in [5.74, 6) is 0. The van der Waals surface area contributed by atoms with Gasteiger partial charge >= 0.3 is 0 Å². The van der Waals surface area contributed by atoms with Gasteiger partial charge in [0.05, 0.1) is 17.9 Å². The molecule has 4 aromatic heterocycles. The van der Waals surface area contributed by atoms with Crippen LogP contribution in [-0.2, 0) is 10.0 Å². The largest absolute Gasteiger partial charge is 0.346 e. The third-order valence-corrected chi connectivity index (χ3v) is 9.24. The summed E-state index contributed by atoms with van der Waals surface area (Å²) in [6.45, 7) is 5.42. The van der Waals surface area contributed by atoms with E-state index in [1.54, 1.807) is 28.1 Å². The highest BCUT2D eigenvalue weighted by molar-refractivity contribution is 7.91. The van der Waals surface area contributed by atoms with E-state index in [9.17, 15) is 8.42 Å². The standard InChI is InChI=1S/C21H25N7O2S2/c1-2-17(14-26-7-9-27(10-8-26)32(29,30)19-4-3-11-31-19)28-13-16(12-25-28)20-18-5-6-22-21(18)24-15-23-20/h3-6,11-13,15,17H,2,7-10,14H2,1H3,(H,22,23,24). The van der Waals surface area contributed by atoms with Gasteiger partial charge in [-0.15, -0.1) is 11.3 Å². The Morgan fingerprint density at radius 3 is 2.78 bits per heavy atom. The molecule has 1 N–H and O–H groups in total. The number of thiophene rings is 1. The SMILES string of the molecule is CCC(CN1CCN(S(=O)(=O)c2cccs2)CC1)n1cc(-c2ncnc3[nH]ccc23)cn1. The van der Waals surface area contributed by atoms with Crippen LogP contribution in [0.25, 0.3) is 22.3 Å². The maximum atomic E-state index is 12.8. The molecule has 5 rings (SSSR count). The summed E-state index contributed by atoms with van der Waals surface area (Å²) in [6.07, 6.45) is 8.24. The average molecular weight is 472 g/mol. The van der Waals surface area contributed by atoms with Crippen molar-refractivity contribution in [3.8, 4) is 11.3 Å². The van der Waals surface area contributed by atoms with E-state index in [0.717, 1.165) is 35.3 Å². The molecule has 9 nitrogen and oxygen atoms in total. The van der Waals surface area contributed by atoms with Gasteiger partial charge in [-0.25, -0.2) is 18.4 Å². The lowest BCUT2D eigenvalue weighted by Crippen LogP contribution is -2.49. The quantitative estimate of drug-likeness (QED) is 0.445. The lowest BCUT2D eigenvalue weighted by molar-refractivity contribution is 0.160. The van der Waals surface area contributed by atoms with E-state index in [-0.39, 0.29) is 6.04 Å². The summed E-state index contributed by atoms with van der Waals surface area (Å²) in [5, 5.41) is 7.40. The first kappa shape index (κ1) is 21.3. The van der Waals surface area contributed by atoms with E-state index in [1.165, 1.54) is 11.3 Å². The van der Waals surface area contributed by atoms with Crippen LogP contribution in [0.1, 0.15) is 19.4 Å². The van der Waals surface area contributed by atoms with Crippen molar-refractivity contribution in [2.24, 2.45) is 0 Å². The molecule has 0 aliphatic carbocycles. The molecule has 0 radical (unpaired) electrons. The molecule has 32 heavy (non-hydrogen) atoms. The summed E-state index contributed by atoms with van der Waals surface area (Å²) in [7, 11) is -3.38. The second-order valence-corrected chi connectivity index (χ2v) is 11.0. The third kappa shape index (κ3) is 3.96. The lowest BCUT2D eigenvalue weighted by Gasteiger charge is -2.35. The number of aromatic amines is 1. The van der Waals surface area contributed by atoms with E-state index in [1.807, 2.05) is 29.3 Å². The highest BCUT2D eigenvalue weighted by Crippen LogP contribution is 2.26. The van der Waals surface area contributed by atoms with Gasteiger partial charge in [0.15, 0.2) is 0 Å². The minimum Gasteiger partial charge on any atom is -0.346 e. The molecule has 0 spiro atoms. The maximum Gasteiger partial charge on any atom is 0.252 e. The molecule has 1 aliphatic heterocycles. The number of rotatable bonds is 7. The van der Waals surface area contributed by atoms with Crippen LogP contribution in [0, 0.1) is 0 Å². The van der Waals surface area contributed by atoms with Crippen molar-refractivity contribution in [3.63, 3.8) is 0 Å². The predicted molar refractivity (Wildman–Crippen MR) is 124 cm³/mol. The van der Waals surface area contributed by atoms with Crippen molar-refractivity contribution in [1.29, 1.82) is 0 Å². The van der Waals surface area contributed by atoms with Crippen LogP contribution >= 0.6 is 11.3 Å². The Morgan fingerprint density at radius 2 is 2.03 bits per heavy atom. The van der Waals surface area contributed by atoms with Crippen molar-refractivity contribution in [2.45, 2.75) is 23.6 Å². The molecule has 4 aromatic rings. The minimum atomic E-state index is -3.38. The first-order chi connectivity index (χ1) is 15.6. The van der Waals surface area contributed by atoms with E-state index in [0.29, 0.717) is 30.4 Å². The Kier molecular flexibility index (Phi) is 5.80. The molecule has 11 heteroatoms. The number of nitrogens with zero attached hydrogens (tertiary/aromatic N) is 6. The zero-order chi connectivity index (χ0) is 22.1. The van der Waals surface area contributed by atoms with Crippen molar-refractivity contribution < 1.29 is 8.42 Å². The predicted octanol–water partition coefficient (Wildman–Crippen LogP) is 2.84. The van der Waals surface area contributed by atoms with E-state index >= 15 is 0 Å². The zero-order valence-electron chi connectivity index (χ0n) is 17.8. The minimum absolute atomic E-state index is 0.202. The molecule has 1 aliphatic rings. The normalized spacial score (nSPS) is 17.2. The molecule has 168 valence electrons. The monoisotopic (exact) mass is 471 g/mol. The molecule has 1 saturated heterocycles. The molecular weight excluding hydrogens is 446 g/mol. The highest BCUT2D eigenvalue weighted by Gasteiger charge is 2.30. The first-order valence-electron chi connectivity index (χ1n) is 10.6. The number of fused-ring (bicyclic) bond motifs is 1. The molecule has 0 amide bonds. The van der Waals surface area contributed by atoms with Gasteiger partial charge in [-0.2, -0.15) is 9.40 Å². The van der Waals surface area contributed by atoms with Gasteiger partial charge in [-0.05, 0) is 23.9 Å². The smallest absolute Gasteiger partial charge is 0.252 e. The molecule has 5 heterocycles. The van der Waals surface area contributed by atoms with Crippen LogP contribution in [0.4, 0.5) is 0 Å². The lowest BCUT2D eigenvalue weighted by atomic mass is 10.1. The molecule has 0 aromatic carbocycles. The van der Waals surface area contributed by atoms with Crippen LogP contribution in [0.2, 0.25) is 0 Å². The Morgan fingerprint density at radius 1 is 1.19 bits per heavy atom. The molecule has 1 fully saturated rings. The molecular formula is C21H25N7O2S2. The summed E-state index contributed by atoms with van der Waals surface area (Å²) >= 11 is 1.27. The van der Waals surface area contributed by atoms with Gasteiger partial charge in [-0.1, -0.05) is 13.0 Å². The van der Waals surface area contributed by atoms with E-state index in [4.69, 9.17) is 0 Å². The number of hydrogen-bond acceptors (Lipinski definition) is 7. The van der Waals surface area contributed by atoms with Crippen LogP contribution in [-0.4, -0.2) is 75.1 Å². The number of nitrogens with one attached hydrogen (secondary N) is 1. The van der Waals surface area contributed by atoms with Gasteiger partial charge < -0.3 is 4.98 Å². The second kappa shape index (κ2) is 8.74. The van der Waals surface area contributed by atoms with Crippen LogP contribution in [0.3, 0.4) is 0 Å². The molecule has 0 saturated carbocycles. The van der Waals surface area contributed by atoms with Crippen molar-refractivity contribution in [1.82, 2.24) is 33.9 Å². The van der Waals surface area contributed by atoms with E-state index in [2.05, 4.69) is 31.9 Å². The van der Waals surface area contributed by atoms with Gasteiger partial charge in [0, 0.05) is 56.1 Å². The van der Waals surface area contributed by atoms with Crippen molar-refractivity contribution in [3.05, 3.63) is 48.5 Å². The second-order valence-electron chi connectivity index (χ2n) is 7.87. The van der Waals surface area contributed by atoms with Gasteiger partial charge in [0.1, 0.15) is 16.2 Å². The molecule has 1 atom stereocenters. The fourth-order valence-electron chi connectivity index (χ4n) is 4.15. The van der Waals surface area contributed by atoms with Crippen molar-refractivity contribution in [2.75, 3.05) is 32.7 Å². The third-order valence-electron chi connectivity index (χ3n) is 5.96. The summed E-state index contributed by atoms with van der Waals surface area (Å²) in [6, 6.07) is 5.63. The number of H-pyrrole nitrogens is 1. The van der Waals surface area contributed by atoms with Gasteiger partial charge in [0.25, 0.3) is 10.0 Å². The fourth-order valence-corrected chi connectivity index (χ4v) is 6.72. The van der Waals surface area contributed by atoms with Gasteiger partial charge in [0.2, 0.25) is 0 Å². The van der Waals surface area contributed by atoms with Crippen LogP contribution in [0.15, 0.2) is 52.7 Å². The number of hydrogen-bond donors (Lipinski definition) is 1. The summed E-state index contributed by atoms with van der Waals surface area (Å²) in [5.41, 5.74) is 2.64. The Balaban J connectivity index is 1.26. The van der Waals surface area contributed by atoms with Gasteiger partial charge in [-0.3, -0.25) is 9.58 Å². The van der Waals surface area contributed by atoms with E-state index < -0.39 is 10.0 Å².